The Balaban J connectivity index is 2.20. The van der Waals surface area contributed by atoms with E-state index in [4.69, 9.17) is 4.74 Å². The van der Waals surface area contributed by atoms with Crippen molar-refractivity contribution in [1.29, 1.82) is 0 Å². The van der Waals surface area contributed by atoms with Gasteiger partial charge in [-0.3, -0.25) is 0 Å². The molecular weight excluding hydrogens is 272 g/mol. The third-order valence-corrected chi connectivity index (χ3v) is 3.22. The third kappa shape index (κ3) is 3.56. The number of carboxylic acid groups (broad SMARTS) is 1. The molecule has 1 aromatic heterocycles. The van der Waals surface area contributed by atoms with Crippen molar-refractivity contribution in [2.75, 3.05) is 7.11 Å². The van der Waals surface area contributed by atoms with E-state index in [1.54, 1.807) is 7.11 Å². The second kappa shape index (κ2) is 6.83. The van der Waals surface area contributed by atoms with E-state index in [2.05, 4.69) is 15.5 Å². The number of methoxy groups -OCH3 is 1. The van der Waals surface area contributed by atoms with Crippen molar-refractivity contribution in [2.24, 2.45) is 0 Å². The Morgan fingerprint density at radius 1 is 1.38 bits per heavy atom. The molecule has 0 aliphatic heterocycles. The number of hydrogen-bond donors (Lipinski definition) is 1. The monoisotopic (exact) mass is 290 g/mol. The Bertz CT molecular complexity index is 595. The predicted molar refractivity (Wildman–Crippen MR) is 75.2 cm³/mol. The summed E-state index contributed by atoms with van der Waals surface area (Å²) in [6.45, 7) is 1.93. The molecule has 1 unspecified atom stereocenters. The maximum atomic E-state index is 11.3. The highest BCUT2D eigenvalue weighted by atomic mass is 16.5. The largest absolute Gasteiger partial charge is 0.497 e. The summed E-state index contributed by atoms with van der Waals surface area (Å²) in [5, 5.41) is 20.7. The molecule has 0 saturated carbocycles. The Labute approximate surface area is 122 Å². The zero-order valence-corrected chi connectivity index (χ0v) is 12.1. The molecule has 7 heteroatoms. The highest BCUT2D eigenvalue weighted by Gasteiger charge is 2.23. The van der Waals surface area contributed by atoms with Crippen molar-refractivity contribution in [2.45, 2.75) is 32.2 Å². The molecule has 1 heterocycles. The number of benzene rings is 1. The molecule has 21 heavy (non-hydrogen) atoms. The van der Waals surface area contributed by atoms with Crippen LogP contribution in [0.3, 0.4) is 0 Å². The molecule has 0 radical (unpaired) electrons. The standard InChI is InChI=1S/C14H18N4O3/c1-3-4-12(14(19)20)18-13(15-16-17-18)9-10-5-7-11(21-2)8-6-10/h5-8,12H,3-4,9H2,1-2H3,(H,19,20). The molecule has 0 amide bonds. The SMILES string of the molecule is CCCC(C(=O)O)n1nnnc1Cc1ccc(OC)cc1. The minimum absolute atomic E-state index is 0.477. The van der Waals surface area contributed by atoms with Crippen LogP contribution in [-0.2, 0) is 11.2 Å². The van der Waals surface area contributed by atoms with Gasteiger partial charge in [0.2, 0.25) is 0 Å². The van der Waals surface area contributed by atoms with Gasteiger partial charge in [-0.2, -0.15) is 0 Å². The summed E-state index contributed by atoms with van der Waals surface area (Å²) in [6.07, 6.45) is 1.72. The van der Waals surface area contributed by atoms with Crippen molar-refractivity contribution < 1.29 is 14.6 Å². The van der Waals surface area contributed by atoms with Gasteiger partial charge in [0, 0.05) is 6.42 Å². The molecule has 112 valence electrons. The van der Waals surface area contributed by atoms with Crippen molar-refractivity contribution >= 4 is 5.97 Å². The molecule has 0 aliphatic carbocycles. The van der Waals surface area contributed by atoms with Crippen LogP contribution in [0.15, 0.2) is 24.3 Å². The average Bonchev–Trinajstić information content (AvgIpc) is 2.93. The van der Waals surface area contributed by atoms with Crippen LogP contribution < -0.4 is 4.74 Å². The van der Waals surface area contributed by atoms with Crippen LogP contribution >= 0.6 is 0 Å². The zero-order valence-electron chi connectivity index (χ0n) is 12.1. The van der Waals surface area contributed by atoms with Crippen LogP contribution in [0.25, 0.3) is 0 Å². The summed E-state index contributed by atoms with van der Waals surface area (Å²) >= 11 is 0. The summed E-state index contributed by atoms with van der Waals surface area (Å²) in [4.78, 5) is 11.3. The van der Waals surface area contributed by atoms with Crippen molar-refractivity contribution in [3.63, 3.8) is 0 Å². The van der Waals surface area contributed by atoms with Crippen molar-refractivity contribution in [1.82, 2.24) is 20.2 Å². The first-order chi connectivity index (χ1) is 10.2. The number of hydrogen-bond acceptors (Lipinski definition) is 5. The first-order valence-electron chi connectivity index (χ1n) is 6.78. The number of aliphatic carboxylic acids is 1. The van der Waals surface area contributed by atoms with E-state index in [1.165, 1.54) is 4.68 Å². The smallest absolute Gasteiger partial charge is 0.328 e. The summed E-state index contributed by atoms with van der Waals surface area (Å²) in [7, 11) is 1.61. The molecule has 1 N–H and O–H groups in total. The minimum atomic E-state index is -0.917. The molecular formula is C14H18N4O3. The first kappa shape index (κ1) is 15.0. The van der Waals surface area contributed by atoms with Crippen LogP contribution in [0, 0.1) is 0 Å². The Kier molecular flexibility index (Phi) is 4.86. The van der Waals surface area contributed by atoms with E-state index < -0.39 is 12.0 Å². The number of carboxylic acids is 1. The first-order valence-corrected chi connectivity index (χ1v) is 6.78. The number of rotatable bonds is 7. The molecule has 1 atom stereocenters. The van der Waals surface area contributed by atoms with Gasteiger partial charge in [0.25, 0.3) is 0 Å². The molecule has 7 nitrogen and oxygen atoms in total. The van der Waals surface area contributed by atoms with Gasteiger partial charge in [-0.05, 0) is 34.5 Å². The lowest BCUT2D eigenvalue weighted by Gasteiger charge is -2.13. The molecule has 0 aliphatic rings. The van der Waals surface area contributed by atoms with Gasteiger partial charge in [-0.25, -0.2) is 9.48 Å². The fraction of sp³-hybridized carbons (Fsp3) is 0.429. The van der Waals surface area contributed by atoms with E-state index in [0.717, 1.165) is 17.7 Å². The predicted octanol–water partition coefficient (Wildman–Crippen LogP) is 1.70. The Morgan fingerprint density at radius 2 is 2.10 bits per heavy atom. The lowest BCUT2D eigenvalue weighted by Crippen LogP contribution is -2.22. The number of aromatic nitrogens is 4. The van der Waals surface area contributed by atoms with E-state index in [-0.39, 0.29) is 0 Å². The maximum Gasteiger partial charge on any atom is 0.328 e. The van der Waals surface area contributed by atoms with Crippen LogP contribution in [-0.4, -0.2) is 38.4 Å². The van der Waals surface area contributed by atoms with Crippen LogP contribution in [0.5, 0.6) is 5.75 Å². The van der Waals surface area contributed by atoms with Gasteiger partial charge < -0.3 is 9.84 Å². The number of carbonyl (C=O) groups is 1. The number of tetrazole rings is 1. The zero-order chi connectivity index (χ0) is 15.2. The normalized spacial score (nSPS) is 12.1. The minimum Gasteiger partial charge on any atom is -0.497 e. The van der Waals surface area contributed by atoms with E-state index in [9.17, 15) is 9.90 Å². The van der Waals surface area contributed by atoms with E-state index in [0.29, 0.717) is 18.7 Å². The Hall–Kier alpha value is -2.44. The van der Waals surface area contributed by atoms with Gasteiger partial charge in [0.15, 0.2) is 11.9 Å². The van der Waals surface area contributed by atoms with Crippen LogP contribution in [0.4, 0.5) is 0 Å². The quantitative estimate of drug-likeness (QED) is 0.834. The van der Waals surface area contributed by atoms with Gasteiger partial charge in [-0.1, -0.05) is 25.5 Å². The van der Waals surface area contributed by atoms with E-state index >= 15 is 0 Å². The summed E-state index contributed by atoms with van der Waals surface area (Å²) < 4.78 is 6.51. The summed E-state index contributed by atoms with van der Waals surface area (Å²) in [5.74, 6) is 0.397. The van der Waals surface area contributed by atoms with Gasteiger partial charge in [0.1, 0.15) is 5.75 Å². The summed E-state index contributed by atoms with van der Waals surface area (Å²) in [5.41, 5.74) is 0.993. The molecule has 0 bridgehead atoms. The van der Waals surface area contributed by atoms with Crippen LogP contribution in [0.2, 0.25) is 0 Å². The van der Waals surface area contributed by atoms with Gasteiger partial charge >= 0.3 is 5.97 Å². The highest BCUT2D eigenvalue weighted by molar-refractivity contribution is 5.71. The molecule has 2 rings (SSSR count). The summed E-state index contributed by atoms with van der Waals surface area (Å²) in [6, 6.07) is 6.80. The second-order valence-electron chi connectivity index (χ2n) is 4.71. The maximum absolute atomic E-state index is 11.3. The average molecular weight is 290 g/mol. The van der Waals surface area contributed by atoms with Gasteiger partial charge in [0.05, 0.1) is 7.11 Å². The number of nitrogens with zero attached hydrogens (tertiary/aromatic N) is 4. The highest BCUT2D eigenvalue weighted by Crippen LogP contribution is 2.18. The molecule has 0 saturated heterocycles. The molecule has 0 fully saturated rings. The Morgan fingerprint density at radius 3 is 2.67 bits per heavy atom. The number of ether oxygens (including phenoxy) is 1. The molecule has 2 aromatic rings. The fourth-order valence-corrected chi connectivity index (χ4v) is 2.12. The topological polar surface area (TPSA) is 90.1 Å². The molecule has 0 spiro atoms. The van der Waals surface area contributed by atoms with Crippen molar-refractivity contribution in [3.8, 4) is 5.75 Å². The molecule has 1 aromatic carbocycles. The fourth-order valence-electron chi connectivity index (χ4n) is 2.12. The van der Waals surface area contributed by atoms with Gasteiger partial charge in [-0.15, -0.1) is 5.10 Å². The third-order valence-electron chi connectivity index (χ3n) is 3.22. The second-order valence-corrected chi connectivity index (χ2v) is 4.71. The van der Waals surface area contributed by atoms with E-state index in [1.807, 2.05) is 31.2 Å². The lowest BCUT2D eigenvalue weighted by atomic mass is 10.1. The lowest BCUT2D eigenvalue weighted by molar-refractivity contribution is -0.141. The van der Waals surface area contributed by atoms with Crippen LogP contribution in [0.1, 0.15) is 37.2 Å². The van der Waals surface area contributed by atoms with Crippen molar-refractivity contribution in [3.05, 3.63) is 35.7 Å².